The summed E-state index contributed by atoms with van der Waals surface area (Å²) < 4.78 is 6.35. The number of imide groups is 1. The molecule has 32 heavy (non-hydrogen) atoms. The minimum Gasteiger partial charge on any atom is -0.465 e. The monoisotopic (exact) mass is 488 g/mol. The van der Waals surface area contributed by atoms with Crippen LogP contribution in [0.5, 0.6) is 0 Å². The number of pyridine rings is 1. The molecule has 162 valence electrons. The van der Waals surface area contributed by atoms with Crippen LogP contribution in [-0.2, 0) is 14.3 Å². The number of carbonyl (C=O) groups is 3. The average Bonchev–Trinajstić information content (AvgIpc) is 3.34. The Hall–Kier alpha value is -3.20. The van der Waals surface area contributed by atoms with Crippen LogP contribution in [0.1, 0.15) is 15.2 Å². The van der Waals surface area contributed by atoms with E-state index in [-0.39, 0.29) is 22.0 Å². The van der Waals surface area contributed by atoms with Gasteiger partial charge in [0, 0.05) is 17.8 Å². The first-order chi connectivity index (χ1) is 15.3. The number of hydrogen-bond acceptors (Lipinski definition) is 6. The van der Waals surface area contributed by atoms with Gasteiger partial charge in [-0.25, -0.2) is 9.69 Å². The fourth-order valence-electron chi connectivity index (χ4n) is 3.18. The van der Waals surface area contributed by atoms with Gasteiger partial charge in [-0.15, -0.1) is 11.3 Å². The van der Waals surface area contributed by atoms with Crippen LogP contribution in [0.15, 0.2) is 59.9 Å². The van der Waals surface area contributed by atoms with Gasteiger partial charge in [0.15, 0.2) is 18.1 Å². The molecular weight excluding hydrogens is 473 g/mol. The summed E-state index contributed by atoms with van der Waals surface area (Å²) in [6, 6.07) is 9.94. The summed E-state index contributed by atoms with van der Waals surface area (Å²) >= 11 is 13.2. The molecule has 0 radical (unpaired) electrons. The lowest BCUT2D eigenvalue weighted by molar-refractivity contribution is -0.577. The number of thiophene rings is 1. The predicted octanol–water partition coefficient (Wildman–Crippen LogP) is 4.29. The molecule has 0 saturated carbocycles. The van der Waals surface area contributed by atoms with E-state index >= 15 is 0 Å². The predicted molar refractivity (Wildman–Crippen MR) is 123 cm³/mol. The lowest BCUT2D eigenvalue weighted by Gasteiger charge is -2.14. The number of benzene rings is 1. The summed E-state index contributed by atoms with van der Waals surface area (Å²) in [7, 11) is 1.24. The third kappa shape index (κ3) is 3.88. The van der Waals surface area contributed by atoms with Crippen LogP contribution < -0.4 is 14.8 Å². The molecule has 1 N–H and O–H groups in total. The summed E-state index contributed by atoms with van der Waals surface area (Å²) in [5, 5.41) is 5.26. The SMILES string of the molecule is COC(=O)c1sccc1N1C(=O)C(Nc2ccc(Cl)c(Cl)c2)=C([n+]2ccc(C)cc2)C1=O. The summed E-state index contributed by atoms with van der Waals surface area (Å²) in [5.74, 6) is -1.84. The first-order valence-electron chi connectivity index (χ1n) is 9.31. The Morgan fingerprint density at radius 1 is 1.06 bits per heavy atom. The Morgan fingerprint density at radius 3 is 2.44 bits per heavy atom. The van der Waals surface area contributed by atoms with Crippen molar-refractivity contribution in [3.05, 3.63) is 80.4 Å². The highest BCUT2D eigenvalue weighted by molar-refractivity contribution is 7.12. The fraction of sp³-hybridized carbons (Fsp3) is 0.0909. The van der Waals surface area contributed by atoms with E-state index in [1.54, 1.807) is 40.5 Å². The highest BCUT2D eigenvalue weighted by atomic mass is 35.5. The van der Waals surface area contributed by atoms with Gasteiger partial charge in [0.1, 0.15) is 4.88 Å². The van der Waals surface area contributed by atoms with Crippen LogP contribution in [0.3, 0.4) is 0 Å². The fourth-order valence-corrected chi connectivity index (χ4v) is 4.27. The zero-order valence-corrected chi connectivity index (χ0v) is 19.2. The number of hydrogen-bond donors (Lipinski definition) is 1. The third-order valence-electron chi connectivity index (χ3n) is 4.76. The topological polar surface area (TPSA) is 79.6 Å². The number of anilines is 2. The maximum atomic E-state index is 13.5. The summed E-state index contributed by atoms with van der Waals surface area (Å²) in [4.78, 5) is 40.2. The number of ether oxygens (including phenoxy) is 1. The first-order valence-corrected chi connectivity index (χ1v) is 10.9. The van der Waals surface area contributed by atoms with E-state index in [9.17, 15) is 14.4 Å². The molecule has 0 atom stereocenters. The molecule has 4 rings (SSSR count). The Morgan fingerprint density at radius 2 is 1.78 bits per heavy atom. The highest BCUT2D eigenvalue weighted by Gasteiger charge is 2.47. The molecule has 0 fully saturated rings. The summed E-state index contributed by atoms with van der Waals surface area (Å²) in [6.45, 7) is 1.91. The van der Waals surface area contributed by atoms with Crippen molar-refractivity contribution in [1.29, 1.82) is 0 Å². The van der Waals surface area contributed by atoms with Crippen LogP contribution in [-0.4, -0.2) is 24.9 Å². The normalized spacial score (nSPS) is 13.7. The highest BCUT2D eigenvalue weighted by Crippen LogP contribution is 2.34. The van der Waals surface area contributed by atoms with Crippen LogP contribution in [0.25, 0.3) is 5.70 Å². The smallest absolute Gasteiger partial charge is 0.350 e. The number of nitrogens with zero attached hydrogens (tertiary/aromatic N) is 2. The number of methoxy groups -OCH3 is 1. The average molecular weight is 489 g/mol. The van der Waals surface area contributed by atoms with Crippen molar-refractivity contribution in [3.8, 4) is 0 Å². The third-order valence-corrected chi connectivity index (χ3v) is 6.38. The van der Waals surface area contributed by atoms with Gasteiger partial charge < -0.3 is 10.1 Å². The Bertz CT molecular complexity index is 1280. The first kappa shape index (κ1) is 22.0. The van der Waals surface area contributed by atoms with E-state index < -0.39 is 17.8 Å². The number of carbonyl (C=O) groups excluding carboxylic acids is 3. The van der Waals surface area contributed by atoms with Crippen molar-refractivity contribution in [1.82, 2.24) is 0 Å². The second-order valence-corrected chi connectivity index (χ2v) is 8.56. The van der Waals surface area contributed by atoms with E-state index in [1.165, 1.54) is 13.2 Å². The van der Waals surface area contributed by atoms with Crippen LogP contribution in [0.2, 0.25) is 10.0 Å². The van der Waals surface area contributed by atoms with Gasteiger partial charge in [-0.1, -0.05) is 23.2 Å². The van der Waals surface area contributed by atoms with Crippen LogP contribution >= 0.6 is 34.5 Å². The molecule has 2 amide bonds. The maximum absolute atomic E-state index is 13.5. The molecule has 7 nitrogen and oxygen atoms in total. The van der Waals surface area contributed by atoms with Gasteiger partial charge in [-0.05, 0) is 42.1 Å². The molecule has 0 spiro atoms. The molecule has 2 aromatic heterocycles. The zero-order valence-electron chi connectivity index (χ0n) is 16.9. The number of rotatable bonds is 5. The van der Waals surface area contributed by atoms with Crippen molar-refractivity contribution in [2.24, 2.45) is 0 Å². The number of aromatic nitrogens is 1. The molecule has 0 bridgehead atoms. The van der Waals surface area contributed by atoms with Crippen molar-refractivity contribution in [2.45, 2.75) is 6.92 Å². The molecule has 0 aliphatic carbocycles. The summed E-state index contributed by atoms with van der Waals surface area (Å²) in [5.41, 5.74) is 1.75. The quantitative estimate of drug-likeness (QED) is 0.329. The number of esters is 1. The molecule has 10 heteroatoms. The minimum atomic E-state index is -0.633. The number of nitrogens with one attached hydrogen (secondary N) is 1. The zero-order chi connectivity index (χ0) is 23.0. The summed E-state index contributed by atoms with van der Waals surface area (Å²) in [6.07, 6.45) is 3.37. The van der Waals surface area contributed by atoms with Crippen molar-refractivity contribution in [3.63, 3.8) is 0 Å². The van der Waals surface area contributed by atoms with Gasteiger partial charge in [0.25, 0.3) is 5.91 Å². The van der Waals surface area contributed by atoms with E-state index in [0.717, 1.165) is 21.8 Å². The van der Waals surface area contributed by atoms with Crippen molar-refractivity contribution in [2.75, 3.05) is 17.3 Å². The maximum Gasteiger partial charge on any atom is 0.350 e. The lowest BCUT2D eigenvalue weighted by atomic mass is 10.2. The molecule has 3 heterocycles. The van der Waals surface area contributed by atoms with Crippen LogP contribution in [0, 0.1) is 6.92 Å². The van der Waals surface area contributed by atoms with E-state index in [4.69, 9.17) is 27.9 Å². The van der Waals surface area contributed by atoms with Gasteiger partial charge in [0.05, 0.1) is 22.8 Å². The van der Waals surface area contributed by atoms with Crippen molar-refractivity contribution < 1.29 is 23.7 Å². The van der Waals surface area contributed by atoms with Gasteiger partial charge >= 0.3 is 17.6 Å². The number of amides is 2. The van der Waals surface area contributed by atoms with E-state index in [1.807, 2.05) is 19.1 Å². The van der Waals surface area contributed by atoms with Crippen molar-refractivity contribution >= 4 is 69.4 Å². The number of halogens is 2. The standard InChI is InChI=1S/C22H15Cl2N3O4S/c1-12-5-8-26(9-6-12)18-17(25-13-3-4-14(23)15(24)11-13)20(28)27(21(18)29)16-7-10-32-19(16)22(30)31-2/h3-11H,1-2H3/p+1. The lowest BCUT2D eigenvalue weighted by Crippen LogP contribution is -2.40. The Labute approximate surface area is 197 Å². The second kappa shape index (κ2) is 8.74. The number of aryl methyl sites for hydroxylation is 1. The molecule has 1 aliphatic heterocycles. The van der Waals surface area contributed by atoms with Gasteiger partial charge in [-0.2, -0.15) is 4.57 Å². The molecule has 1 aromatic carbocycles. The Kier molecular flexibility index (Phi) is 6.01. The molecule has 3 aromatic rings. The van der Waals surface area contributed by atoms with Crippen LogP contribution in [0.4, 0.5) is 11.4 Å². The van der Waals surface area contributed by atoms with Gasteiger partial charge in [0.2, 0.25) is 0 Å². The molecular formula is C22H16Cl2N3O4S+. The molecule has 0 saturated heterocycles. The largest absolute Gasteiger partial charge is 0.465 e. The Balaban J connectivity index is 1.83. The second-order valence-electron chi connectivity index (χ2n) is 6.83. The molecule has 1 aliphatic rings. The minimum absolute atomic E-state index is 0.0317. The van der Waals surface area contributed by atoms with Gasteiger partial charge in [-0.3, -0.25) is 9.59 Å². The van der Waals surface area contributed by atoms with E-state index in [2.05, 4.69) is 5.32 Å². The molecule has 0 unspecified atom stereocenters. The van der Waals surface area contributed by atoms with E-state index in [0.29, 0.717) is 15.7 Å².